The quantitative estimate of drug-likeness (QED) is 0.626. The predicted octanol–water partition coefficient (Wildman–Crippen LogP) is 2.13. The first-order valence-corrected chi connectivity index (χ1v) is 7.68. The van der Waals surface area contributed by atoms with Gasteiger partial charge in [-0.25, -0.2) is 0 Å². The molecule has 5 heteroatoms. The average molecular weight is 291 g/mol. The molecule has 5 N–H and O–H groups in total. The lowest BCUT2D eigenvalue weighted by Gasteiger charge is -2.32. The Balaban J connectivity index is 1.99. The van der Waals surface area contributed by atoms with Gasteiger partial charge in [0.25, 0.3) is 5.91 Å². The van der Waals surface area contributed by atoms with E-state index in [0.717, 1.165) is 31.4 Å². The summed E-state index contributed by atoms with van der Waals surface area (Å²) in [5.74, 6) is -0.123. The molecule has 0 spiro atoms. The van der Waals surface area contributed by atoms with Crippen molar-refractivity contribution in [1.82, 2.24) is 5.32 Å². The zero-order valence-electron chi connectivity index (χ0n) is 12.6. The molecular weight excluding hydrogens is 266 g/mol. The van der Waals surface area contributed by atoms with E-state index in [9.17, 15) is 9.90 Å². The monoisotopic (exact) mass is 291 g/mol. The second-order valence-electron chi connectivity index (χ2n) is 5.80. The first-order valence-electron chi connectivity index (χ1n) is 7.68. The number of nitrogens with two attached hydrogens (primary N) is 1. The second-order valence-corrected chi connectivity index (χ2v) is 5.80. The topological polar surface area (TPSA) is 87.4 Å². The molecule has 1 fully saturated rings. The minimum Gasteiger partial charge on any atom is -0.397 e. The van der Waals surface area contributed by atoms with Gasteiger partial charge in [-0.3, -0.25) is 4.79 Å². The summed E-state index contributed by atoms with van der Waals surface area (Å²) in [4.78, 5) is 11.7. The molecule has 116 valence electrons. The normalized spacial score (nSPS) is 17.2. The Labute approximate surface area is 125 Å². The summed E-state index contributed by atoms with van der Waals surface area (Å²) in [6, 6.07) is 5.21. The highest BCUT2D eigenvalue weighted by atomic mass is 16.3. The highest BCUT2D eigenvalue weighted by molar-refractivity contribution is 5.96. The molecule has 21 heavy (non-hydrogen) atoms. The van der Waals surface area contributed by atoms with E-state index in [0.29, 0.717) is 24.3 Å². The third kappa shape index (κ3) is 4.11. The number of rotatable bonds is 5. The number of hydrogen-bond acceptors (Lipinski definition) is 4. The largest absolute Gasteiger partial charge is 0.397 e. The van der Waals surface area contributed by atoms with Crippen molar-refractivity contribution in [1.29, 1.82) is 0 Å². The molecule has 1 aromatic carbocycles. The summed E-state index contributed by atoms with van der Waals surface area (Å²) < 4.78 is 0. The minimum absolute atomic E-state index is 0.123. The van der Waals surface area contributed by atoms with Crippen LogP contribution in [0.1, 0.15) is 49.4 Å². The van der Waals surface area contributed by atoms with Gasteiger partial charge in [0.1, 0.15) is 0 Å². The van der Waals surface area contributed by atoms with Gasteiger partial charge in [-0.2, -0.15) is 0 Å². The summed E-state index contributed by atoms with van der Waals surface area (Å²) in [7, 11) is 0. The van der Waals surface area contributed by atoms with Gasteiger partial charge in [0.05, 0.1) is 17.0 Å². The van der Waals surface area contributed by atoms with Crippen LogP contribution in [0.5, 0.6) is 0 Å². The van der Waals surface area contributed by atoms with E-state index in [4.69, 9.17) is 5.73 Å². The van der Waals surface area contributed by atoms with Gasteiger partial charge < -0.3 is 21.5 Å². The lowest BCUT2D eigenvalue weighted by Crippen LogP contribution is -2.38. The van der Waals surface area contributed by atoms with E-state index in [1.165, 1.54) is 6.42 Å². The Bertz CT molecular complexity index is 496. The molecule has 1 amide bonds. The van der Waals surface area contributed by atoms with Crippen molar-refractivity contribution in [3.8, 4) is 0 Å². The van der Waals surface area contributed by atoms with Crippen molar-refractivity contribution in [2.45, 2.75) is 44.6 Å². The van der Waals surface area contributed by atoms with Crippen molar-refractivity contribution in [2.75, 3.05) is 24.1 Å². The number of amides is 1. The Morgan fingerprint density at radius 3 is 2.67 bits per heavy atom. The lowest BCUT2D eigenvalue weighted by molar-refractivity contribution is 0.0167. The highest BCUT2D eigenvalue weighted by Gasteiger charge is 2.28. The second kappa shape index (κ2) is 6.80. The maximum absolute atomic E-state index is 11.7. The smallest absolute Gasteiger partial charge is 0.251 e. The molecule has 0 unspecified atom stereocenters. The first-order chi connectivity index (χ1) is 10.0. The van der Waals surface area contributed by atoms with Crippen LogP contribution in [0.2, 0.25) is 0 Å². The molecular formula is C16H25N3O2. The van der Waals surface area contributed by atoms with Crippen LogP contribution < -0.4 is 16.4 Å². The molecule has 0 aliphatic heterocycles. The van der Waals surface area contributed by atoms with Crippen molar-refractivity contribution < 1.29 is 9.90 Å². The number of carbonyl (C=O) groups excluding carboxylic acids is 1. The van der Waals surface area contributed by atoms with Crippen LogP contribution in [0.3, 0.4) is 0 Å². The van der Waals surface area contributed by atoms with Gasteiger partial charge in [-0.1, -0.05) is 19.3 Å². The third-order valence-corrected chi connectivity index (χ3v) is 4.04. The Morgan fingerprint density at radius 1 is 1.33 bits per heavy atom. The van der Waals surface area contributed by atoms with Gasteiger partial charge in [0, 0.05) is 18.7 Å². The van der Waals surface area contributed by atoms with E-state index in [-0.39, 0.29) is 5.91 Å². The third-order valence-electron chi connectivity index (χ3n) is 4.04. The zero-order chi connectivity index (χ0) is 15.3. The van der Waals surface area contributed by atoms with Crippen LogP contribution in [-0.2, 0) is 0 Å². The van der Waals surface area contributed by atoms with Crippen molar-refractivity contribution in [3.63, 3.8) is 0 Å². The maximum atomic E-state index is 11.7. The average Bonchev–Trinajstić information content (AvgIpc) is 2.47. The molecule has 5 nitrogen and oxygen atoms in total. The van der Waals surface area contributed by atoms with Gasteiger partial charge in [0.15, 0.2) is 0 Å². The number of hydrogen-bond donors (Lipinski definition) is 4. The lowest BCUT2D eigenvalue weighted by atomic mass is 9.85. The summed E-state index contributed by atoms with van der Waals surface area (Å²) in [5.41, 5.74) is 7.20. The van der Waals surface area contributed by atoms with Crippen molar-refractivity contribution in [3.05, 3.63) is 23.8 Å². The number of nitrogens with one attached hydrogen (secondary N) is 2. The van der Waals surface area contributed by atoms with Crippen molar-refractivity contribution in [2.24, 2.45) is 0 Å². The molecule has 1 saturated carbocycles. The van der Waals surface area contributed by atoms with E-state index < -0.39 is 5.60 Å². The van der Waals surface area contributed by atoms with Gasteiger partial charge in [-0.15, -0.1) is 0 Å². The van der Waals surface area contributed by atoms with Gasteiger partial charge >= 0.3 is 0 Å². The van der Waals surface area contributed by atoms with Crippen LogP contribution >= 0.6 is 0 Å². The molecule has 0 radical (unpaired) electrons. The van der Waals surface area contributed by atoms with Gasteiger partial charge in [0.2, 0.25) is 0 Å². The number of nitrogen functional groups attached to an aromatic ring is 1. The summed E-state index contributed by atoms with van der Waals surface area (Å²) in [6.45, 7) is 2.96. The van der Waals surface area contributed by atoms with Gasteiger partial charge in [-0.05, 0) is 38.0 Å². The van der Waals surface area contributed by atoms with E-state index in [1.54, 1.807) is 18.2 Å². The molecule has 1 aromatic rings. The summed E-state index contributed by atoms with van der Waals surface area (Å²) >= 11 is 0. The van der Waals surface area contributed by atoms with Crippen LogP contribution in [0.4, 0.5) is 11.4 Å². The molecule has 0 atom stereocenters. The predicted molar refractivity (Wildman–Crippen MR) is 85.4 cm³/mol. The SMILES string of the molecule is CCNC(=O)c1ccc(NCC2(O)CCCCC2)c(N)c1. The Morgan fingerprint density at radius 2 is 2.05 bits per heavy atom. The highest BCUT2D eigenvalue weighted by Crippen LogP contribution is 2.29. The molecule has 0 heterocycles. The fourth-order valence-corrected chi connectivity index (χ4v) is 2.77. The fourth-order valence-electron chi connectivity index (χ4n) is 2.77. The standard InChI is InChI=1S/C16H25N3O2/c1-2-18-15(20)12-6-7-14(13(17)10-12)19-11-16(21)8-4-3-5-9-16/h6-7,10,19,21H,2-5,8-9,11,17H2,1H3,(H,18,20). The van der Waals surface area contributed by atoms with Crippen LogP contribution in [-0.4, -0.2) is 29.7 Å². The number of aliphatic hydroxyl groups is 1. The first kappa shape index (κ1) is 15.6. The van der Waals surface area contributed by atoms with E-state index in [1.807, 2.05) is 6.92 Å². The molecule has 0 saturated heterocycles. The molecule has 1 aliphatic rings. The fraction of sp³-hybridized carbons (Fsp3) is 0.562. The maximum Gasteiger partial charge on any atom is 0.251 e. The van der Waals surface area contributed by atoms with Crippen LogP contribution in [0.25, 0.3) is 0 Å². The van der Waals surface area contributed by atoms with E-state index >= 15 is 0 Å². The van der Waals surface area contributed by atoms with Crippen molar-refractivity contribution >= 4 is 17.3 Å². The Kier molecular flexibility index (Phi) is 5.07. The minimum atomic E-state index is -0.636. The molecule has 1 aliphatic carbocycles. The zero-order valence-corrected chi connectivity index (χ0v) is 12.6. The summed E-state index contributed by atoms with van der Waals surface area (Å²) in [5, 5.41) is 16.4. The Hall–Kier alpha value is -1.75. The summed E-state index contributed by atoms with van der Waals surface area (Å²) in [6.07, 6.45) is 5.01. The number of carbonyl (C=O) groups is 1. The van der Waals surface area contributed by atoms with Crippen LogP contribution in [0.15, 0.2) is 18.2 Å². The van der Waals surface area contributed by atoms with Crippen LogP contribution in [0, 0.1) is 0 Å². The number of benzene rings is 1. The number of anilines is 2. The molecule has 0 bridgehead atoms. The molecule has 2 rings (SSSR count). The van der Waals surface area contributed by atoms with E-state index in [2.05, 4.69) is 10.6 Å². The molecule has 0 aromatic heterocycles.